The molecule has 0 bridgehead atoms. The molecule has 1 unspecified atom stereocenters. The Hall–Kier alpha value is -3.01. The minimum absolute atomic E-state index is 0.150. The normalized spacial score (nSPS) is 19.1. The lowest BCUT2D eigenvalue weighted by Gasteiger charge is -2.41. The van der Waals surface area contributed by atoms with Crippen molar-refractivity contribution >= 4 is 15.5 Å². The van der Waals surface area contributed by atoms with Crippen molar-refractivity contribution in [2.75, 3.05) is 30.8 Å². The predicted molar refractivity (Wildman–Crippen MR) is 139 cm³/mol. The van der Waals surface area contributed by atoms with Crippen LogP contribution in [0.5, 0.6) is 5.75 Å². The molecule has 0 aromatic heterocycles. The lowest BCUT2D eigenvalue weighted by Crippen LogP contribution is -2.53. The van der Waals surface area contributed by atoms with E-state index < -0.39 is 27.2 Å². The second-order valence-electron chi connectivity index (χ2n) is 9.75. The molecular formula is C28H32F2N2O4S. The summed E-state index contributed by atoms with van der Waals surface area (Å²) in [6.45, 7) is 1.60. The van der Waals surface area contributed by atoms with Gasteiger partial charge in [0.05, 0.1) is 11.4 Å². The van der Waals surface area contributed by atoms with Crippen LogP contribution in [0.25, 0.3) is 0 Å². The van der Waals surface area contributed by atoms with Crippen LogP contribution in [-0.4, -0.2) is 55.1 Å². The van der Waals surface area contributed by atoms with Crippen LogP contribution in [-0.2, 0) is 22.8 Å². The molecular weight excluding hydrogens is 498 g/mol. The number of halogens is 2. The van der Waals surface area contributed by atoms with E-state index in [0.717, 1.165) is 23.4 Å². The first kappa shape index (κ1) is 27.0. The molecule has 9 heteroatoms. The molecule has 0 spiro atoms. The minimum atomic E-state index is -3.32. The molecule has 0 aliphatic carbocycles. The van der Waals surface area contributed by atoms with Crippen LogP contribution in [0.15, 0.2) is 71.6 Å². The molecule has 1 aliphatic heterocycles. The van der Waals surface area contributed by atoms with E-state index >= 15 is 0 Å². The minimum Gasteiger partial charge on any atom is -0.508 e. The van der Waals surface area contributed by atoms with Gasteiger partial charge in [0.25, 0.3) is 0 Å². The lowest BCUT2D eigenvalue weighted by atomic mass is 9.99. The van der Waals surface area contributed by atoms with Crippen molar-refractivity contribution in [1.82, 2.24) is 4.90 Å². The van der Waals surface area contributed by atoms with Crippen molar-refractivity contribution in [2.45, 2.75) is 42.8 Å². The molecule has 1 heterocycles. The average Bonchev–Trinajstić information content (AvgIpc) is 2.97. The van der Waals surface area contributed by atoms with E-state index in [9.17, 15) is 27.4 Å². The zero-order valence-electron chi connectivity index (χ0n) is 20.8. The number of hydrogen-bond acceptors (Lipinski definition) is 6. The second-order valence-corrected chi connectivity index (χ2v) is 11.8. The van der Waals surface area contributed by atoms with Crippen LogP contribution in [0.2, 0.25) is 0 Å². The summed E-state index contributed by atoms with van der Waals surface area (Å²) in [6, 6.07) is 17.0. The van der Waals surface area contributed by atoms with Crippen LogP contribution < -0.4 is 4.90 Å². The third kappa shape index (κ3) is 7.06. The number of rotatable bonds is 8. The Kier molecular flexibility index (Phi) is 8.16. The van der Waals surface area contributed by atoms with Crippen molar-refractivity contribution in [3.63, 3.8) is 0 Å². The maximum absolute atomic E-state index is 14.0. The highest BCUT2D eigenvalue weighted by Gasteiger charge is 2.38. The predicted octanol–water partition coefficient (Wildman–Crippen LogP) is 4.50. The monoisotopic (exact) mass is 530 g/mol. The van der Waals surface area contributed by atoms with Crippen LogP contribution in [0.1, 0.15) is 30.4 Å². The molecule has 1 atom stereocenters. The van der Waals surface area contributed by atoms with Crippen molar-refractivity contribution in [3.8, 4) is 5.75 Å². The molecule has 0 amide bonds. The molecule has 6 nitrogen and oxygen atoms in total. The first-order chi connectivity index (χ1) is 17.5. The zero-order valence-corrected chi connectivity index (χ0v) is 21.6. The summed E-state index contributed by atoms with van der Waals surface area (Å²) in [5, 5.41) is 21.8. The second kappa shape index (κ2) is 11.2. The molecule has 198 valence electrons. The number of anilines is 1. The molecule has 4 rings (SSSR count). The summed E-state index contributed by atoms with van der Waals surface area (Å²) < 4.78 is 51.6. The average molecular weight is 531 g/mol. The molecule has 1 saturated heterocycles. The quantitative estimate of drug-likeness (QED) is 0.447. The Morgan fingerprint density at radius 3 is 2.30 bits per heavy atom. The number of phenolic OH excluding ortho intramolecular Hbond substituents is 1. The molecule has 1 fully saturated rings. The van der Waals surface area contributed by atoms with Crippen molar-refractivity contribution < 1.29 is 27.4 Å². The van der Waals surface area contributed by atoms with Crippen molar-refractivity contribution in [3.05, 3.63) is 89.5 Å². The van der Waals surface area contributed by atoms with Crippen LogP contribution >= 0.6 is 0 Å². The van der Waals surface area contributed by atoms with E-state index in [-0.39, 0.29) is 17.2 Å². The fourth-order valence-corrected chi connectivity index (χ4v) is 5.53. The van der Waals surface area contributed by atoms with Gasteiger partial charge in [-0.15, -0.1) is 0 Å². The van der Waals surface area contributed by atoms with Gasteiger partial charge in [-0.25, -0.2) is 17.2 Å². The van der Waals surface area contributed by atoms with Crippen LogP contribution in [0.3, 0.4) is 0 Å². The van der Waals surface area contributed by atoms with Gasteiger partial charge < -0.3 is 15.1 Å². The van der Waals surface area contributed by atoms with Crippen molar-refractivity contribution in [1.29, 1.82) is 0 Å². The summed E-state index contributed by atoms with van der Waals surface area (Å²) in [7, 11) is -3.32. The number of aryl methyl sites for hydroxylation is 1. The molecule has 3 aromatic carbocycles. The number of phenols is 1. The van der Waals surface area contributed by atoms with Crippen molar-refractivity contribution in [2.24, 2.45) is 0 Å². The van der Waals surface area contributed by atoms with Gasteiger partial charge in [0, 0.05) is 37.6 Å². The highest BCUT2D eigenvalue weighted by Crippen LogP contribution is 2.30. The third-order valence-electron chi connectivity index (χ3n) is 6.78. The maximum atomic E-state index is 14.0. The number of sulfone groups is 1. The Morgan fingerprint density at radius 1 is 0.946 bits per heavy atom. The fraction of sp³-hybridized carbons (Fsp3) is 0.357. The Balaban J connectivity index is 1.58. The van der Waals surface area contributed by atoms with Gasteiger partial charge in [-0.05, 0) is 73.2 Å². The molecule has 2 N–H and O–H groups in total. The van der Waals surface area contributed by atoms with Gasteiger partial charge in [0.15, 0.2) is 9.84 Å². The first-order valence-corrected chi connectivity index (χ1v) is 14.2. The van der Waals surface area contributed by atoms with Crippen LogP contribution in [0.4, 0.5) is 14.5 Å². The van der Waals surface area contributed by atoms with E-state index in [2.05, 4.69) is 0 Å². The topological polar surface area (TPSA) is 81.1 Å². The number of aliphatic hydroxyl groups is 1. The van der Waals surface area contributed by atoms with Gasteiger partial charge >= 0.3 is 0 Å². The van der Waals surface area contributed by atoms with E-state index in [1.165, 1.54) is 12.1 Å². The summed E-state index contributed by atoms with van der Waals surface area (Å²) in [5.41, 5.74) is 0.863. The number of hydrogen-bond donors (Lipinski definition) is 2. The summed E-state index contributed by atoms with van der Waals surface area (Å²) in [4.78, 5) is 4.00. The Labute approximate surface area is 216 Å². The molecule has 1 aliphatic rings. The molecule has 0 radical (unpaired) electrons. The summed E-state index contributed by atoms with van der Waals surface area (Å²) in [6.07, 6.45) is 3.47. The Bertz CT molecular complexity index is 1310. The number of nitrogens with zero attached hydrogens (tertiary/aromatic N) is 2. The van der Waals surface area contributed by atoms with Gasteiger partial charge in [0.1, 0.15) is 23.1 Å². The fourth-order valence-electron chi connectivity index (χ4n) is 4.90. The third-order valence-corrected chi connectivity index (χ3v) is 7.91. The van der Waals surface area contributed by atoms with E-state index in [1.807, 2.05) is 15.9 Å². The van der Waals surface area contributed by atoms with Crippen LogP contribution in [0, 0.1) is 11.6 Å². The van der Waals surface area contributed by atoms with E-state index in [4.69, 9.17) is 0 Å². The SMILES string of the molecule is CS(=O)(=O)c1ccc(CN2CCCN(c3cc(F)cc(F)c3)CC2(O)CCCc2cccc(O)c2)cc1. The Morgan fingerprint density at radius 2 is 1.65 bits per heavy atom. The van der Waals surface area contributed by atoms with E-state index in [0.29, 0.717) is 51.0 Å². The number of benzene rings is 3. The largest absolute Gasteiger partial charge is 0.508 e. The molecule has 3 aromatic rings. The standard InChI is InChI=1S/C28H32F2N2O4S/c1-37(35,36)27-10-8-22(9-11-27)19-32-14-4-13-31(25-17-23(29)16-24(30)18-25)20-28(32,34)12-3-6-21-5-2-7-26(33)15-21/h2,5,7-11,15-18,33-34H,3-4,6,12-14,19-20H2,1H3. The zero-order chi connectivity index (χ0) is 26.6. The van der Waals surface area contributed by atoms with Gasteiger partial charge in [-0.1, -0.05) is 24.3 Å². The number of β-amino-alcohol motifs (C(OH)–C–C–N with tert-alkyl or cyclic N) is 1. The summed E-state index contributed by atoms with van der Waals surface area (Å²) in [5.74, 6) is -1.16. The van der Waals surface area contributed by atoms with Gasteiger partial charge in [-0.3, -0.25) is 4.90 Å². The molecule has 0 saturated carbocycles. The first-order valence-electron chi connectivity index (χ1n) is 12.3. The lowest BCUT2D eigenvalue weighted by molar-refractivity contribution is -0.108. The maximum Gasteiger partial charge on any atom is 0.175 e. The smallest absolute Gasteiger partial charge is 0.175 e. The number of aromatic hydroxyl groups is 1. The van der Waals surface area contributed by atoms with E-state index in [1.54, 1.807) is 42.5 Å². The molecule has 37 heavy (non-hydrogen) atoms. The van der Waals surface area contributed by atoms with Gasteiger partial charge in [-0.2, -0.15) is 0 Å². The highest BCUT2D eigenvalue weighted by molar-refractivity contribution is 7.90. The highest BCUT2D eigenvalue weighted by atomic mass is 32.2. The van der Waals surface area contributed by atoms with Gasteiger partial charge in [0.2, 0.25) is 0 Å². The summed E-state index contributed by atoms with van der Waals surface area (Å²) >= 11 is 0.